The summed E-state index contributed by atoms with van der Waals surface area (Å²) in [6.07, 6.45) is 3.45. The lowest BCUT2D eigenvalue weighted by atomic mass is 9.99. The highest BCUT2D eigenvalue weighted by atomic mass is 16.2. The Morgan fingerprint density at radius 1 is 1.31 bits per heavy atom. The molecule has 0 unspecified atom stereocenters. The smallest absolute Gasteiger partial charge is 0.269 e. The van der Waals surface area contributed by atoms with Crippen LogP contribution in [0.3, 0.4) is 0 Å². The third-order valence-corrected chi connectivity index (χ3v) is 4.89. The van der Waals surface area contributed by atoms with Crippen molar-refractivity contribution >= 4 is 11.6 Å². The highest BCUT2D eigenvalue weighted by molar-refractivity contribution is 5.94. The summed E-state index contributed by atoms with van der Waals surface area (Å²) in [6.45, 7) is 7.08. The first kappa shape index (κ1) is 17.9. The molecule has 0 atom stereocenters. The summed E-state index contributed by atoms with van der Waals surface area (Å²) in [5.41, 5.74) is 3.44. The van der Waals surface area contributed by atoms with Gasteiger partial charge in [-0.3, -0.25) is 9.59 Å². The summed E-state index contributed by atoms with van der Waals surface area (Å²) < 4.78 is 1.62. The average molecular weight is 349 g/mol. The predicted octanol–water partition coefficient (Wildman–Crippen LogP) is 3.34. The first-order chi connectivity index (χ1) is 12.4. The van der Waals surface area contributed by atoms with Crippen molar-refractivity contribution in [3.05, 3.63) is 51.9 Å². The van der Waals surface area contributed by atoms with Gasteiger partial charge in [-0.25, -0.2) is 0 Å². The molecule has 5 heteroatoms. The van der Waals surface area contributed by atoms with Crippen LogP contribution in [-0.4, -0.2) is 17.0 Å². The van der Waals surface area contributed by atoms with Crippen molar-refractivity contribution in [2.45, 2.75) is 40.2 Å². The van der Waals surface area contributed by atoms with E-state index in [1.165, 1.54) is 0 Å². The third-order valence-electron chi connectivity index (χ3n) is 4.89. The molecule has 0 spiro atoms. The second-order valence-electron chi connectivity index (χ2n) is 7.16. The Morgan fingerprint density at radius 3 is 2.73 bits per heavy atom. The first-order valence-corrected chi connectivity index (χ1v) is 8.97. The van der Waals surface area contributed by atoms with E-state index in [9.17, 15) is 14.9 Å². The van der Waals surface area contributed by atoms with Gasteiger partial charge in [-0.1, -0.05) is 19.9 Å². The zero-order valence-electron chi connectivity index (χ0n) is 15.5. The Balaban J connectivity index is 2.00. The molecular weight excluding hydrogens is 326 g/mol. The summed E-state index contributed by atoms with van der Waals surface area (Å²) in [5, 5.41) is 9.55. The van der Waals surface area contributed by atoms with Crippen LogP contribution in [0.5, 0.6) is 0 Å². The maximum absolute atomic E-state index is 12.7. The number of nitriles is 1. The van der Waals surface area contributed by atoms with Gasteiger partial charge in [-0.2, -0.15) is 5.26 Å². The van der Waals surface area contributed by atoms with Crippen LogP contribution in [0.15, 0.2) is 35.3 Å². The van der Waals surface area contributed by atoms with Crippen LogP contribution in [0.1, 0.15) is 38.3 Å². The lowest BCUT2D eigenvalue weighted by Gasteiger charge is -2.15. The Bertz CT molecular complexity index is 951. The van der Waals surface area contributed by atoms with Gasteiger partial charge in [0.05, 0.1) is 0 Å². The van der Waals surface area contributed by atoms with Crippen LogP contribution in [-0.2, 0) is 17.8 Å². The molecule has 1 aromatic carbocycles. The van der Waals surface area contributed by atoms with Crippen molar-refractivity contribution in [1.82, 2.24) is 4.57 Å². The summed E-state index contributed by atoms with van der Waals surface area (Å²) in [6, 6.07) is 9.72. The molecule has 1 amide bonds. The fourth-order valence-corrected chi connectivity index (χ4v) is 3.39. The molecule has 5 nitrogen and oxygen atoms in total. The van der Waals surface area contributed by atoms with E-state index in [-0.39, 0.29) is 17.0 Å². The Hall–Kier alpha value is -2.87. The van der Waals surface area contributed by atoms with Crippen LogP contribution >= 0.6 is 0 Å². The zero-order valence-corrected chi connectivity index (χ0v) is 15.5. The van der Waals surface area contributed by atoms with E-state index in [2.05, 4.69) is 19.9 Å². The molecule has 0 bridgehead atoms. The number of hydrogen-bond acceptors (Lipinski definition) is 3. The largest absolute Gasteiger partial charge is 0.314 e. The normalized spacial score (nSPS) is 13.0. The summed E-state index contributed by atoms with van der Waals surface area (Å²) in [7, 11) is 0. The summed E-state index contributed by atoms with van der Waals surface area (Å²) in [4.78, 5) is 26.1. The van der Waals surface area contributed by atoms with Gasteiger partial charge >= 0.3 is 0 Å². The van der Waals surface area contributed by atoms with E-state index < -0.39 is 0 Å². The van der Waals surface area contributed by atoms with Crippen molar-refractivity contribution in [3.63, 3.8) is 0 Å². The Morgan fingerprint density at radius 2 is 2.08 bits per heavy atom. The van der Waals surface area contributed by atoms with Crippen molar-refractivity contribution in [1.29, 1.82) is 5.26 Å². The number of pyridine rings is 1. The van der Waals surface area contributed by atoms with Gasteiger partial charge in [-0.05, 0) is 48.1 Å². The minimum atomic E-state index is -0.239. The molecule has 1 aliphatic rings. The number of carbonyl (C=O) groups excluding carboxylic acids is 1. The highest BCUT2D eigenvalue weighted by Gasteiger charge is 2.23. The van der Waals surface area contributed by atoms with Crippen molar-refractivity contribution in [3.8, 4) is 17.2 Å². The number of fused-ring (bicyclic) bond motifs is 1. The number of hydrogen-bond donors (Lipinski definition) is 0. The van der Waals surface area contributed by atoms with E-state index in [4.69, 9.17) is 0 Å². The van der Waals surface area contributed by atoms with Gasteiger partial charge in [0.25, 0.3) is 5.56 Å². The third kappa shape index (κ3) is 3.28. The van der Waals surface area contributed by atoms with Crippen molar-refractivity contribution in [2.75, 3.05) is 11.4 Å². The zero-order chi connectivity index (χ0) is 18.8. The Labute approximate surface area is 153 Å². The van der Waals surface area contributed by atoms with E-state index in [1.54, 1.807) is 22.6 Å². The fraction of sp³-hybridized carbons (Fsp3) is 0.381. The first-order valence-electron chi connectivity index (χ1n) is 8.97. The molecule has 26 heavy (non-hydrogen) atoms. The number of aromatic nitrogens is 1. The van der Waals surface area contributed by atoms with Gasteiger partial charge in [0.15, 0.2) is 0 Å². The van der Waals surface area contributed by atoms with Gasteiger partial charge in [-0.15, -0.1) is 0 Å². The second-order valence-corrected chi connectivity index (χ2v) is 7.16. The number of carbonyl (C=O) groups is 1. The van der Waals surface area contributed by atoms with Crippen LogP contribution < -0.4 is 10.5 Å². The molecule has 134 valence electrons. The molecule has 0 fully saturated rings. The molecule has 2 aromatic rings. The molecule has 3 rings (SSSR count). The van der Waals surface area contributed by atoms with Gasteiger partial charge in [0.2, 0.25) is 5.91 Å². The lowest BCUT2D eigenvalue weighted by Crippen LogP contribution is -2.25. The fourth-order valence-electron chi connectivity index (χ4n) is 3.39. The topological polar surface area (TPSA) is 66.1 Å². The monoisotopic (exact) mass is 349 g/mol. The molecule has 0 radical (unpaired) electrons. The number of amides is 1. The minimum absolute atomic E-state index is 0.0296. The van der Waals surface area contributed by atoms with Gasteiger partial charge < -0.3 is 9.47 Å². The molecule has 1 aliphatic heterocycles. The molecule has 0 saturated heterocycles. The average Bonchev–Trinajstić information content (AvgIpc) is 3.03. The van der Waals surface area contributed by atoms with Crippen LogP contribution in [0.2, 0.25) is 0 Å². The summed E-state index contributed by atoms with van der Waals surface area (Å²) in [5.74, 6) is 0.523. The van der Waals surface area contributed by atoms with E-state index in [1.807, 2.05) is 24.3 Å². The number of rotatable bonds is 4. The maximum atomic E-state index is 12.7. The maximum Gasteiger partial charge on any atom is 0.269 e. The quantitative estimate of drug-likeness (QED) is 0.850. The van der Waals surface area contributed by atoms with Crippen LogP contribution in [0.4, 0.5) is 5.69 Å². The van der Waals surface area contributed by atoms with Gasteiger partial charge in [0.1, 0.15) is 11.6 Å². The van der Waals surface area contributed by atoms with Crippen LogP contribution in [0, 0.1) is 17.2 Å². The van der Waals surface area contributed by atoms with E-state index in [0.717, 1.165) is 29.7 Å². The van der Waals surface area contributed by atoms with E-state index >= 15 is 0 Å². The molecule has 0 aliphatic carbocycles. The van der Waals surface area contributed by atoms with E-state index in [0.29, 0.717) is 24.6 Å². The number of benzene rings is 1. The molecular formula is C21H23N3O2. The van der Waals surface area contributed by atoms with Gasteiger partial charge in [0, 0.05) is 37.5 Å². The van der Waals surface area contributed by atoms with Crippen molar-refractivity contribution in [2.24, 2.45) is 5.92 Å². The number of nitrogens with zero attached hydrogens (tertiary/aromatic N) is 3. The highest BCUT2D eigenvalue weighted by Crippen LogP contribution is 2.33. The predicted molar refractivity (Wildman–Crippen MR) is 102 cm³/mol. The summed E-state index contributed by atoms with van der Waals surface area (Å²) >= 11 is 0. The second kappa shape index (κ2) is 7.17. The van der Waals surface area contributed by atoms with Crippen LogP contribution in [0.25, 0.3) is 11.1 Å². The van der Waals surface area contributed by atoms with Crippen molar-refractivity contribution < 1.29 is 4.79 Å². The Kier molecular flexibility index (Phi) is 4.94. The number of anilines is 1. The lowest BCUT2D eigenvalue weighted by molar-refractivity contribution is -0.116. The SMILES string of the molecule is CC(=O)N1CCc2cc(-c3ccn(CCC(C)C)c(=O)c3C#N)ccc21. The molecule has 1 aromatic heterocycles. The minimum Gasteiger partial charge on any atom is -0.314 e. The molecule has 2 heterocycles. The molecule has 0 N–H and O–H groups in total. The number of aryl methyl sites for hydroxylation is 1. The standard InChI is InChI=1S/C21H23N3O2/c1-14(2)6-9-23-10-8-18(19(13-22)21(23)26)16-4-5-20-17(12-16)7-11-24(20)15(3)25/h4-5,8,10,12,14H,6-7,9,11H2,1-3H3. The molecule has 0 saturated carbocycles.